The molecule has 0 aromatic rings. The van der Waals surface area contributed by atoms with Crippen LogP contribution >= 0.6 is 76.6 Å². The summed E-state index contributed by atoms with van der Waals surface area (Å²) in [5.74, 6) is 0. The summed E-state index contributed by atoms with van der Waals surface area (Å²) in [6.07, 6.45) is 0. The third kappa shape index (κ3) is 118. The topological polar surface area (TPSA) is 0 Å². The van der Waals surface area contributed by atoms with Crippen LogP contribution in [0.15, 0.2) is 0 Å². The van der Waals surface area contributed by atoms with Crippen LogP contribution in [-0.2, 0) is 0 Å². The van der Waals surface area contributed by atoms with Crippen molar-refractivity contribution in [1.29, 1.82) is 0 Å². The van der Waals surface area contributed by atoms with Gasteiger partial charge in [-0.3, -0.25) is 0 Å². The van der Waals surface area contributed by atoms with E-state index in [1.807, 2.05) is 0 Å². The van der Waals surface area contributed by atoms with E-state index in [4.69, 9.17) is 76.6 Å². The van der Waals surface area contributed by atoms with Crippen LogP contribution in [0.3, 0.4) is 0 Å². The first-order valence-electron chi connectivity index (χ1n) is 1.41. The molecule has 0 spiro atoms. The van der Waals surface area contributed by atoms with Crippen LogP contribution in [-0.4, -0.2) is 14.6 Å². The van der Waals surface area contributed by atoms with Gasteiger partial charge in [0.25, 0.3) is 3.25 Å². The van der Waals surface area contributed by atoms with E-state index in [9.17, 15) is 0 Å². The largest absolute Gasteiger partial charge is 0.643 e. The fraction of sp³-hybridized carbons (Fsp3) is 1.00. The second kappa shape index (κ2) is 7.22. The van der Waals surface area contributed by atoms with Crippen molar-refractivity contribution in [3.8, 4) is 0 Å². The van der Waals surface area contributed by atoms with E-state index in [1.54, 1.807) is 0 Å². The van der Waals surface area contributed by atoms with Crippen molar-refractivity contribution in [3.05, 3.63) is 0 Å². The summed E-state index contributed by atoms with van der Waals surface area (Å²) in [4.78, 5) is 0. The molecule has 9 heavy (non-hydrogen) atoms. The van der Waals surface area contributed by atoms with Gasteiger partial charge in [0.15, 0.2) is 0 Å². The van der Waals surface area contributed by atoms with Crippen LogP contribution in [0.25, 0.3) is 0 Å². The maximum atomic E-state index is 4.94. The molecule has 0 aliphatic carbocycles. The van der Waals surface area contributed by atoms with Crippen molar-refractivity contribution >= 4 is 87.9 Å². The quantitative estimate of drug-likeness (QED) is 0.462. The van der Waals surface area contributed by atoms with Gasteiger partial charge >= 0.3 is 11.4 Å². The van der Waals surface area contributed by atoms with Crippen molar-refractivity contribution in [2.45, 2.75) is 3.25 Å². The summed E-state index contributed by atoms with van der Waals surface area (Å²) in [5, 5.41) is 0. The van der Waals surface area contributed by atoms with Gasteiger partial charge in [0.05, 0.1) is 0 Å². The molecule has 0 unspecified atom stereocenters. The van der Waals surface area contributed by atoms with Gasteiger partial charge in [-0.25, -0.2) is 30.1 Å². The Bertz CT molecular complexity index is 45.7. The van der Waals surface area contributed by atoms with Gasteiger partial charge in [-0.15, -0.1) is 0 Å². The van der Waals surface area contributed by atoms with Gasteiger partial charge in [-0.05, 0) is 0 Å². The van der Waals surface area contributed by atoms with Gasteiger partial charge < -0.3 is 0 Å². The Labute approximate surface area is 90.2 Å². The zero-order valence-corrected chi connectivity index (χ0v) is 10.2. The Balaban J connectivity index is 0. The molecule has 0 saturated heterocycles. The Morgan fingerprint density at radius 1 is 0.778 bits per heavy atom. The lowest BCUT2D eigenvalue weighted by atomic mass is 11.8. The maximum absolute atomic E-state index is 4.94. The second-order valence-corrected chi connectivity index (χ2v) is 10.5. The standard InChI is InChI=1S/CCl4.Al.3ClH/c2-1(3,4)5;;;;/h;;3*1H/q;+3;;;/p-3. The first-order valence-corrected chi connectivity index (χ1v) is 8.16. The van der Waals surface area contributed by atoms with E-state index in [0.717, 1.165) is 0 Å². The third-order valence-electron chi connectivity index (χ3n) is 0. The molecule has 0 aromatic carbocycles. The van der Waals surface area contributed by atoms with Gasteiger partial charge in [-0.2, -0.15) is 0 Å². The molecule has 56 valence electrons. The molecule has 0 heterocycles. The molecule has 0 N–H and O–H groups in total. The van der Waals surface area contributed by atoms with Crippen LogP contribution in [0.4, 0.5) is 0 Å². The van der Waals surface area contributed by atoms with Crippen LogP contribution in [0.2, 0.25) is 0 Å². The molecule has 0 amide bonds. The smallest absolute Gasteiger partial charge is 0.214 e. The number of halogens is 7. The molecule has 0 atom stereocenters. The molecule has 8 heteroatoms. The van der Waals surface area contributed by atoms with Gasteiger partial charge in [0.2, 0.25) is 0 Å². The third-order valence-corrected chi connectivity index (χ3v) is 0. The van der Waals surface area contributed by atoms with E-state index in [2.05, 4.69) is 0 Å². The highest BCUT2D eigenvalue weighted by molar-refractivity contribution is 7.54. The number of alkyl halides is 4. The predicted octanol–water partition coefficient (Wildman–Crippen LogP) is 4.24. The molecule has 0 nitrogen and oxygen atoms in total. The van der Waals surface area contributed by atoms with Crippen molar-refractivity contribution in [2.75, 3.05) is 0 Å². The lowest BCUT2D eigenvalue weighted by Crippen LogP contribution is -1.81. The summed E-state index contributed by atoms with van der Waals surface area (Å²) in [5.41, 5.74) is 0. The summed E-state index contributed by atoms with van der Waals surface area (Å²) < 4.78 is -1.61. The number of hydrogen-bond donors (Lipinski definition) is 0. The van der Waals surface area contributed by atoms with Crippen molar-refractivity contribution < 1.29 is 0 Å². The lowest BCUT2D eigenvalue weighted by molar-refractivity contribution is 1.76. The maximum Gasteiger partial charge on any atom is 0.643 e. The molecule has 0 aromatic heterocycles. The molecule has 0 saturated carbocycles. The monoisotopic (exact) mass is 284 g/mol. The highest BCUT2D eigenvalue weighted by atomic mass is 35.8. The molecule has 0 rings (SSSR count). The minimum atomic E-state index is -1.72. The minimum absolute atomic E-state index is 1.61. The van der Waals surface area contributed by atoms with Crippen LogP contribution < -0.4 is 0 Å². The second-order valence-electron chi connectivity index (χ2n) is 0.676. The highest BCUT2D eigenvalue weighted by Crippen LogP contribution is 2.29. The zero-order chi connectivity index (χ0) is 8.08. The molecule has 0 bridgehead atoms. The molecule has 0 aliphatic rings. The van der Waals surface area contributed by atoms with E-state index in [0.29, 0.717) is 0 Å². The van der Waals surface area contributed by atoms with E-state index in [1.165, 1.54) is 0 Å². The van der Waals surface area contributed by atoms with Gasteiger partial charge in [0, 0.05) is 0 Å². The molecule has 0 fully saturated rings. The molecular formula is CAlCl7. The summed E-state index contributed by atoms with van der Waals surface area (Å²) in [7, 11) is 14.8. The normalized spacial score (nSPS) is 9.67. The summed E-state index contributed by atoms with van der Waals surface area (Å²) >= 11 is 17.6. The zero-order valence-electron chi connectivity index (χ0n) is 3.72. The van der Waals surface area contributed by atoms with Crippen LogP contribution in [0, 0.1) is 0 Å². The first-order chi connectivity index (χ1) is 3.73. The van der Waals surface area contributed by atoms with Crippen molar-refractivity contribution in [3.63, 3.8) is 0 Å². The van der Waals surface area contributed by atoms with E-state index >= 15 is 0 Å². The predicted molar refractivity (Wildman–Crippen MR) is 49.5 cm³/mol. The summed E-state index contributed by atoms with van der Waals surface area (Å²) in [6.45, 7) is 0. The molecule has 0 aliphatic heterocycles. The number of rotatable bonds is 0. The molecule has 0 radical (unpaired) electrons. The SMILES string of the molecule is ClC(Cl)(Cl)Cl.[Cl][Al]([Cl])[Cl]. The Morgan fingerprint density at radius 2 is 0.778 bits per heavy atom. The Morgan fingerprint density at radius 3 is 0.778 bits per heavy atom. The van der Waals surface area contributed by atoms with Crippen molar-refractivity contribution in [1.82, 2.24) is 0 Å². The van der Waals surface area contributed by atoms with Gasteiger partial charge in [0.1, 0.15) is 0 Å². The average molecular weight is 287 g/mol. The fourth-order valence-electron chi connectivity index (χ4n) is 0. The van der Waals surface area contributed by atoms with Gasteiger partial charge in [-0.1, -0.05) is 46.4 Å². The van der Waals surface area contributed by atoms with Crippen LogP contribution in [0.1, 0.15) is 0 Å². The first kappa shape index (κ1) is 14.1. The highest BCUT2D eigenvalue weighted by Gasteiger charge is 2.11. The average Bonchev–Trinajstić information content (AvgIpc) is 1.19. The van der Waals surface area contributed by atoms with E-state index < -0.39 is 14.6 Å². The number of hydrogen-bond acceptors (Lipinski definition) is 0. The Hall–Kier alpha value is 2.56. The van der Waals surface area contributed by atoms with Crippen molar-refractivity contribution in [2.24, 2.45) is 0 Å². The van der Waals surface area contributed by atoms with E-state index in [-0.39, 0.29) is 0 Å². The van der Waals surface area contributed by atoms with Crippen LogP contribution in [0.5, 0.6) is 0 Å². The Kier molecular flexibility index (Phi) is 11.3. The fourth-order valence-corrected chi connectivity index (χ4v) is 0. The lowest BCUT2D eigenvalue weighted by Gasteiger charge is -1.91. The molecular weight excluding hydrogens is 287 g/mol. The summed E-state index contributed by atoms with van der Waals surface area (Å²) in [6, 6.07) is 0. The minimum Gasteiger partial charge on any atom is -0.214 e.